The van der Waals surface area contributed by atoms with Gasteiger partial charge in [0.25, 0.3) is 0 Å². The highest BCUT2D eigenvalue weighted by molar-refractivity contribution is 6.39. The third-order valence-corrected chi connectivity index (χ3v) is 14.1. The molecule has 0 aliphatic heterocycles. The van der Waals surface area contributed by atoms with Crippen LogP contribution in [0.15, 0.2) is 84.9 Å². The van der Waals surface area contributed by atoms with E-state index in [0.29, 0.717) is 0 Å². The first kappa shape index (κ1) is 31.0. The van der Waals surface area contributed by atoms with E-state index >= 15 is 0 Å². The minimum atomic E-state index is -0.0934. The molecule has 11 rings (SSSR count). The molecule has 0 spiro atoms. The highest BCUT2D eigenvalue weighted by atomic mass is 14.9. The maximum absolute atomic E-state index is 2.58. The Morgan fingerprint density at radius 1 is 0.415 bits per heavy atom. The summed E-state index contributed by atoms with van der Waals surface area (Å²) in [7, 11) is 0. The Labute approximate surface area is 311 Å². The number of rotatable bonds is 2. The predicted molar refractivity (Wildman–Crippen MR) is 227 cm³/mol. The van der Waals surface area contributed by atoms with Gasteiger partial charge in [-0.1, -0.05) is 92.7 Å². The Bertz CT molecular complexity index is 3260. The number of benzene rings is 6. The first-order valence-corrected chi connectivity index (χ1v) is 19.2. The number of hydrogen-bond donors (Lipinski definition) is 0. The molecule has 0 saturated heterocycles. The highest BCUT2D eigenvalue weighted by Gasteiger charge is 2.37. The van der Waals surface area contributed by atoms with E-state index in [-0.39, 0.29) is 5.41 Å². The first-order valence-electron chi connectivity index (χ1n) is 19.2. The van der Waals surface area contributed by atoms with Crippen LogP contribution in [0.25, 0.3) is 87.5 Å². The van der Waals surface area contributed by atoms with Gasteiger partial charge in [0.05, 0.1) is 11.0 Å². The summed E-state index contributed by atoms with van der Waals surface area (Å²) in [4.78, 5) is 0. The number of fused-ring (bicyclic) bond motifs is 7. The fraction of sp³-hybridized carbons (Fsp3) is 0.216. The molecule has 0 radical (unpaired) electrons. The van der Waals surface area contributed by atoms with E-state index < -0.39 is 0 Å². The molecular weight excluding hydrogens is 641 g/mol. The van der Waals surface area contributed by atoms with Gasteiger partial charge in [-0.2, -0.15) is 0 Å². The Morgan fingerprint density at radius 2 is 0.906 bits per heavy atom. The van der Waals surface area contributed by atoms with Crippen LogP contribution in [0.2, 0.25) is 0 Å². The van der Waals surface area contributed by atoms with Gasteiger partial charge < -0.3 is 8.80 Å². The second kappa shape index (κ2) is 9.88. The fourth-order valence-corrected chi connectivity index (χ4v) is 11.1. The van der Waals surface area contributed by atoms with Gasteiger partial charge >= 0.3 is 0 Å². The number of aromatic nitrogens is 2. The van der Waals surface area contributed by atoms with Crippen LogP contribution in [0.3, 0.4) is 0 Å². The van der Waals surface area contributed by atoms with Gasteiger partial charge in [-0.3, -0.25) is 0 Å². The predicted octanol–water partition coefficient (Wildman–Crippen LogP) is 13.8. The smallest absolute Gasteiger partial charge is 0.0619 e. The van der Waals surface area contributed by atoms with Gasteiger partial charge in [0.1, 0.15) is 0 Å². The second-order valence-electron chi connectivity index (χ2n) is 16.7. The standard InChI is InChI=1S/C51H44N2/c1-25-29(5)52-32(8)28(4)44-48-46(38-20-15-17-33-16-11-12-18-35(33)38)42-26(2)30(6)53-31(7)27(3)43(50(42)53)47(48)45(41(25)49(44)52)34-22-23-37-36-19-13-14-21-39(36)51(9,10)40(37)24-34/h11-24H,1-10H3. The van der Waals surface area contributed by atoms with Crippen LogP contribution in [-0.4, -0.2) is 8.80 Å². The normalized spacial score (nSPS) is 14.0. The third kappa shape index (κ3) is 3.43. The summed E-state index contributed by atoms with van der Waals surface area (Å²) in [5.74, 6) is 0. The van der Waals surface area contributed by atoms with Crippen LogP contribution >= 0.6 is 0 Å². The van der Waals surface area contributed by atoms with Crippen molar-refractivity contribution >= 4 is 54.1 Å². The highest BCUT2D eigenvalue weighted by Crippen LogP contribution is 2.57. The zero-order valence-corrected chi connectivity index (χ0v) is 32.5. The van der Waals surface area contributed by atoms with E-state index in [1.165, 1.54) is 144 Å². The van der Waals surface area contributed by atoms with Crippen molar-refractivity contribution < 1.29 is 0 Å². The zero-order chi connectivity index (χ0) is 36.6. The fourth-order valence-electron chi connectivity index (χ4n) is 11.1. The molecule has 4 heterocycles. The van der Waals surface area contributed by atoms with Crippen LogP contribution in [0.5, 0.6) is 0 Å². The maximum atomic E-state index is 2.58. The van der Waals surface area contributed by atoms with Gasteiger partial charge in [-0.05, 0) is 133 Å². The Hall–Kier alpha value is -5.60. The van der Waals surface area contributed by atoms with Gasteiger partial charge in [-0.25, -0.2) is 0 Å². The van der Waals surface area contributed by atoms with Crippen molar-refractivity contribution in [2.75, 3.05) is 0 Å². The van der Waals surface area contributed by atoms with Crippen LogP contribution in [0.4, 0.5) is 0 Å². The number of hydrogen-bond acceptors (Lipinski definition) is 0. The van der Waals surface area contributed by atoms with Crippen molar-refractivity contribution in [3.8, 4) is 33.4 Å². The van der Waals surface area contributed by atoms with E-state index in [0.717, 1.165) is 0 Å². The van der Waals surface area contributed by atoms with Crippen LogP contribution in [0.1, 0.15) is 70.0 Å². The summed E-state index contributed by atoms with van der Waals surface area (Å²) in [6, 6.07) is 32.3. The molecule has 0 unspecified atom stereocenters. The monoisotopic (exact) mass is 684 g/mol. The molecule has 53 heavy (non-hydrogen) atoms. The number of aryl methyl sites for hydroxylation is 8. The summed E-state index contributed by atoms with van der Waals surface area (Å²) in [5, 5.41) is 11.0. The van der Waals surface area contributed by atoms with Crippen LogP contribution < -0.4 is 0 Å². The molecule has 0 N–H and O–H groups in total. The van der Waals surface area contributed by atoms with Crippen LogP contribution in [0, 0.1) is 55.4 Å². The molecule has 2 nitrogen and oxygen atoms in total. The molecule has 1 aliphatic rings. The maximum Gasteiger partial charge on any atom is 0.0619 e. The summed E-state index contributed by atoms with van der Waals surface area (Å²) in [6.07, 6.45) is 0. The van der Waals surface area contributed by atoms with Gasteiger partial charge in [0, 0.05) is 66.1 Å². The Morgan fingerprint density at radius 3 is 1.57 bits per heavy atom. The molecular formula is C51H44N2. The molecule has 10 aromatic rings. The molecule has 1 aliphatic carbocycles. The van der Waals surface area contributed by atoms with Crippen molar-refractivity contribution in [1.82, 2.24) is 8.80 Å². The van der Waals surface area contributed by atoms with Gasteiger partial charge in [0.2, 0.25) is 0 Å². The Kier molecular flexibility index (Phi) is 5.77. The lowest BCUT2D eigenvalue weighted by Gasteiger charge is -2.23. The quantitative estimate of drug-likeness (QED) is 0.171. The molecule has 0 saturated carbocycles. The average Bonchev–Trinajstić information content (AvgIpc) is 3.84. The first-order chi connectivity index (χ1) is 25.4. The van der Waals surface area contributed by atoms with Crippen molar-refractivity contribution in [3.05, 3.63) is 141 Å². The van der Waals surface area contributed by atoms with E-state index in [2.05, 4.69) is 163 Å². The van der Waals surface area contributed by atoms with Crippen molar-refractivity contribution in [2.45, 2.75) is 74.7 Å². The molecule has 0 fully saturated rings. The lowest BCUT2D eigenvalue weighted by Crippen LogP contribution is -2.14. The molecule has 6 aromatic carbocycles. The molecule has 258 valence electrons. The lowest BCUT2D eigenvalue weighted by atomic mass is 9.79. The van der Waals surface area contributed by atoms with E-state index in [4.69, 9.17) is 0 Å². The van der Waals surface area contributed by atoms with E-state index in [1.54, 1.807) is 0 Å². The van der Waals surface area contributed by atoms with Crippen molar-refractivity contribution in [2.24, 2.45) is 0 Å². The zero-order valence-electron chi connectivity index (χ0n) is 32.5. The molecule has 0 bridgehead atoms. The largest absolute Gasteiger partial charge is 0.317 e. The van der Waals surface area contributed by atoms with E-state index in [9.17, 15) is 0 Å². The second-order valence-corrected chi connectivity index (χ2v) is 16.7. The topological polar surface area (TPSA) is 8.82 Å². The minimum absolute atomic E-state index is 0.0934. The van der Waals surface area contributed by atoms with E-state index in [1.807, 2.05) is 0 Å². The molecule has 2 heteroatoms. The SMILES string of the molecule is Cc1c(C)n2c(C)c(C)c3c4c(-c5ccc6c(c5)C(C)(C)c5ccccc5-6)c5c(C)c(C)n6c(C)c(C)c(c4c(-c4cccc7ccccc47)c1c32)c56. The molecule has 4 aromatic heterocycles. The number of nitrogens with zero attached hydrogens (tertiary/aromatic N) is 2. The molecule has 0 amide bonds. The summed E-state index contributed by atoms with van der Waals surface area (Å²) in [5.41, 5.74) is 24.5. The van der Waals surface area contributed by atoms with Crippen molar-refractivity contribution in [1.29, 1.82) is 0 Å². The molecule has 0 atom stereocenters. The lowest BCUT2D eigenvalue weighted by molar-refractivity contribution is 0.660. The Balaban J connectivity index is 1.47. The van der Waals surface area contributed by atoms with Crippen molar-refractivity contribution in [3.63, 3.8) is 0 Å². The van der Waals surface area contributed by atoms with Gasteiger partial charge in [0.15, 0.2) is 0 Å². The summed E-state index contributed by atoms with van der Waals surface area (Å²) < 4.78 is 5.16. The summed E-state index contributed by atoms with van der Waals surface area (Å²) >= 11 is 0. The minimum Gasteiger partial charge on any atom is -0.317 e. The third-order valence-electron chi connectivity index (χ3n) is 14.1. The average molecular weight is 685 g/mol. The summed E-state index contributed by atoms with van der Waals surface area (Å²) in [6.45, 7) is 23.6. The van der Waals surface area contributed by atoms with Crippen LogP contribution in [-0.2, 0) is 5.41 Å². The van der Waals surface area contributed by atoms with Gasteiger partial charge in [-0.15, -0.1) is 0 Å².